The van der Waals surface area contributed by atoms with Crippen molar-refractivity contribution < 1.29 is 14.5 Å². The van der Waals surface area contributed by atoms with E-state index >= 15 is 0 Å². The topological polar surface area (TPSA) is 81.5 Å². The van der Waals surface area contributed by atoms with Crippen LogP contribution in [-0.4, -0.2) is 24.0 Å². The van der Waals surface area contributed by atoms with Gasteiger partial charge < -0.3 is 10.1 Å². The van der Waals surface area contributed by atoms with Gasteiger partial charge >= 0.3 is 5.97 Å². The molecule has 0 radical (unpaired) electrons. The Morgan fingerprint density at radius 1 is 1.45 bits per heavy atom. The zero-order chi connectivity index (χ0) is 16.1. The summed E-state index contributed by atoms with van der Waals surface area (Å²) in [6.45, 7) is 2.19. The summed E-state index contributed by atoms with van der Waals surface area (Å²) in [7, 11) is 1.28. The summed E-state index contributed by atoms with van der Waals surface area (Å²) in [4.78, 5) is 21.9. The second kappa shape index (κ2) is 7.06. The molecule has 2 atom stereocenters. The lowest BCUT2D eigenvalue weighted by molar-refractivity contribution is -0.384. The molecule has 1 aromatic rings. The average Bonchev–Trinajstić information content (AvgIpc) is 2.90. The van der Waals surface area contributed by atoms with Crippen LogP contribution in [0.1, 0.15) is 31.7 Å². The molecule has 0 heterocycles. The van der Waals surface area contributed by atoms with E-state index in [0.717, 1.165) is 19.3 Å². The van der Waals surface area contributed by atoms with Crippen LogP contribution in [0, 0.1) is 16.0 Å². The predicted octanol–water partition coefficient (Wildman–Crippen LogP) is 3.38. The third kappa shape index (κ3) is 4.07. The Morgan fingerprint density at radius 2 is 2.23 bits per heavy atom. The number of ether oxygens (including phenoxy) is 1. The maximum Gasteiger partial charge on any atom is 0.330 e. The number of rotatable bonds is 5. The van der Waals surface area contributed by atoms with Crippen molar-refractivity contribution in [3.8, 4) is 0 Å². The van der Waals surface area contributed by atoms with Crippen LogP contribution >= 0.6 is 0 Å². The summed E-state index contributed by atoms with van der Waals surface area (Å²) in [5, 5.41) is 14.5. The summed E-state index contributed by atoms with van der Waals surface area (Å²) < 4.78 is 4.50. The minimum Gasteiger partial charge on any atom is -0.466 e. The highest BCUT2D eigenvalue weighted by molar-refractivity contribution is 5.87. The average molecular weight is 304 g/mol. The summed E-state index contributed by atoms with van der Waals surface area (Å²) in [5.41, 5.74) is 1.13. The molecule has 1 saturated carbocycles. The molecule has 2 unspecified atom stereocenters. The fourth-order valence-electron chi connectivity index (χ4n) is 2.72. The van der Waals surface area contributed by atoms with Crippen molar-refractivity contribution in [2.75, 3.05) is 12.4 Å². The molecule has 1 N–H and O–H groups in total. The van der Waals surface area contributed by atoms with Crippen LogP contribution < -0.4 is 5.32 Å². The molecule has 0 aromatic heterocycles. The number of nitro groups is 1. The van der Waals surface area contributed by atoms with Crippen molar-refractivity contribution in [3.05, 3.63) is 40.0 Å². The standard InChI is InChI=1S/C16H20N2O4/c1-11-3-6-13(9-11)17-14-7-4-12(5-8-16(19)22-2)10-15(14)18(20)21/h4-5,7-8,10-11,13,17H,3,6,9H2,1-2H3/b8-5+. The molecule has 118 valence electrons. The first kappa shape index (κ1) is 16.0. The molecule has 1 aliphatic carbocycles. The molecule has 2 rings (SSSR count). The van der Waals surface area contributed by atoms with Crippen LogP contribution in [-0.2, 0) is 9.53 Å². The number of hydrogen-bond acceptors (Lipinski definition) is 5. The Labute approximate surface area is 129 Å². The second-order valence-corrected chi connectivity index (χ2v) is 5.65. The van der Waals surface area contributed by atoms with E-state index in [0.29, 0.717) is 17.2 Å². The van der Waals surface area contributed by atoms with Gasteiger partial charge in [-0.1, -0.05) is 13.0 Å². The predicted molar refractivity (Wildman–Crippen MR) is 84.6 cm³/mol. The molecule has 6 heteroatoms. The lowest BCUT2D eigenvalue weighted by Crippen LogP contribution is -2.16. The van der Waals surface area contributed by atoms with Gasteiger partial charge in [0.05, 0.1) is 12.0 Å². The van der Waals surface area contributed by atoms with E-state index in [9.17, 15) is 14.9 Å². The molecule has 0 aliphatic heterocycles. The Hall–Kier alpha value is -2.37. The van der Waals surface area contributed by atoms with E-state index in [2.05, 4.69) is 17.0 Å². The largest absolute Gasteiger partial charge is 0.466 e. The van der Waals surface area contributed by atoms with Gasteiger partial charge in [0.25, 0.3) is 5.69 Å². The Morgan fingerprint density at radius 3 is 2.82 bits per heavy atom. The van der Waals surface area contributed by atoms with Crippen molar-refractivity contribution in [2.45, 2.75) is 32.2 Å². The van der Waals surface area contributed by atoms with Crippen molar-refractivity contribution in [3.63, 3.8) is 0 Å². The molecule has 22 heavy (non-hydrogen) atoms. The van der Waals surface area contributed by atoms with E-state index in [-0.39, 0.29) is 11.7 Å². The number of hydrogen-bond donors (Lipinski definition) is 1. The minimum absolute atomic E-state index is 0.0200. The molecule has 0 amide bonds. The Bertz CT molecular complexity index is 598. The van der Waals surface area contributed by atoms with Crippen LogP contribution in [0.5, 0.6) is 0 Å². The van der Waals surface area contributed by atoms with Gasteiger partial charge in [0.15, 0.2) is 0 Å². The minimum atomic E-state index is -0.496. The molecule has 0 saturated heterocycles. The normalized spacial score (nSPS) is 21.0. The van der Waals surface area contributed by atoms with Crippen LogP contribution in [0.25, 0.3) is 6.08 Å². The molecular weight excluding hydrogens is 284 g/mol. The van der Waals surface area contributed by atoms with Crippen LogP contribution in [0.3, 0.4) is 0 Å². The lowest BCUT2D eigenvalue weighted by atomic mass is 10.1. The molecule has 6 nitrogen and oxygen atoms in total. The van der Waals surface area contributed by atoms with Gasteiger partial charge in [0.1, 0.15) is 5.69 Å². The van der Waals surface area contributed by atoms with Crippen molar-refractivity contribution in [1.82, 2.24) is 0 Å². The van der Waals surface area contributed by atoms with Gasteiger partial charge in [-0.15, -0.1) is 0 Å². The summed E-state index contributed by atoms with van der Waals surface area (Å²) in [6.07, 6.45) is 5.94. The zero-order valence-electron chi connectivity index (χ0n) is 12.7. The number of anilines is 1. The Balaban J connectivity index is 2.18. The second-order valence-electron chi connectivity index (χ2n) is 5.65. The van der Waals surface area contributed by atoms with Crippen molar-refractivity contribution in [2.24, 2.45) is 5.92 Å². The number of carbonyl (C=O) groups is 1. The number of benzene rings is 1. The molecule has 0 bridgehead atoms. The van der Waals surface area contributed by atoms with Crippen LogP contribution in [0.4, 0.5) is 11.4 Å². The quantitative estimate of drug-likeness (QED) is 0.390. The van der Waals surface area contributed by atoms with Gasteiger partial charge in [-0.3, -0.25) is 10.1 Å². The highest BCUT2D eigenvalue weighted by Gasteiger charge is 2.23. The first-order valence-corrected chi connectivity index (χ1v) is 7.30. The van der Waals surface area contributed by atoms with Gasteiger partial charge in [-0.05, 0) is 42.9 Å². The third-order valence-corrected chi connectivity index (χ3v) is 3.89. The summed E-state index contributed by atoms with van der Waals surface area (Å²) in [6, 6.07) is 5.18. The van der Waals surface area contributed by atoms with Gasteiger partial charge in [0, 0.05) is 18.2 Å². The fraction of sp³-hybridized carbons (Fsp3) is 0.438. The molecule has 0 spiro atoms. The van der Waals surface area contributed by atoms with Crippen LogP contribution in [0.15, 0.2) is 24.3 Å². The molecule has 1 aromatic carbocycles. The number of esters is 1. The lowest BCUT2D eigenvalue weighted by Gasteiger charge is -2.14. The highest BCUT2D eigenvalue weighted by atomic mass is 16.6. The van der Waals surface area contributed by atoms with E-state index in [4.69, 9.17) is 0 Å². The van der Waals surface area contributed by atoms with E-state index < -0.39 is 10.9 Å². The number of nitrogens with zero attached hydrogens (tertiary/aromatic N) is 1. The number of nitro benzene ring substituents is 1. The maximum atomic E-state index is 11.3. The molecule has 1 fully saturated rings. The first-order chi connectivity index (χ1) is 10.5. The smallest absolute Gasteiger partial charge is 0.330 e. The van der Waals surface area contributed by atoms with Gasteiger partial charge in [-0.2, -0.15) is 0 Å². The van der Waals surface area contributed by atoms with Crippen molar-refractivity contribution in [1.29, 1.82) is 0 Å². The SMILES string of the molecule is COC(=O)/C=C/c1ccc(NC2CCC(C)C2)c([N+](=O)[O-])c1. The van der Waals surface area contributed by atoms with Crippen molar-refractivity contribution >= 4 is 23.4 Å². The number of methoxy groups -OCH3 is 1. The third-order valence-electron chi connectivity index (χ3n) is 3.89. The summed E-state index contributed by atoms with van der Waals surface area (Å²) in [5.74, 6) is 0.156. The Kier molecular flexibility index (Phi) is 5.14. The maximum absolute atomic E-state index is 11.3. The van der Waals surface area contributed by atoms with E-state index in [1.165, 1.54) is 25.3 Å². The van der Waals surface area contributed by atoms with E-state index in [1.807, 2.05) is 0 Å². The number of nitrogens with one attached hydrogen (secondary N) is 1. The highest BCUT2D eigenvalue weighted by Crippen LogP contribution is 2.32. The monoisotopic (exact) mass is 304 g/mol. The zero-order valence-corrected chi connectivity index (χ0v) is 12.7. The van der Waals surface area contributed by atoms with Gasteiger partial charge in [-0.25, -0.2) is 4.79 Å². The van der Waals surface area contributed by atoms with Crippen LogP contribution in [0.2, 0.25) is 0 Å². The van der Waals surface area contributed by atoms with Gasteiger partial charge in [0.2, 0.25) is 0 Å². The molecular formula is C16H20N2O4. The summed E-state index contributed by atoms with van der Waals surface area (Å²) >= 11 is 0. The molecule has 1 aliphatic rings. The first-order valence-electron chi connectivity index (χ1n) is 7.30. The number of carbonyl (C=O) groups excluding carboxylic acids is 1. The fourth-order valence-corrected chi connectivity index (χ4v) is 2.72. The van der Waals surface area contributed by atoms with E-state index in [1.54, 1.807) is 12.1 Å².